The molecule has 0 bridgehead atoms. The van der Waals surface area contributed by atoms with Crippen molar-refractivity contribution >= 4 is 6.03 Å². The smallest absolute Gasteiger partial charge is 0.319 e. The van der Waals surface area contributed by atoms with E-state index in [0.29, 0.717) is 11.5 Å². The second-order valence-electron chi connectivity index (χ2n) is 6.16. The summed E-state index contributed by atoms with van der Waals surface area (Å²) in [6.45, 7) is 8.85. The van der Waals surface area contributed by atoms with Crippen LogP contribution >= 0.6 is 0 Å². The molecule has 0 aromatic heterocycles. The van der Waals surface area contributed by atoms with E-state index < -0.39 is 0 Å². The number of carbonyl (C=O) groups excluding carboxylic acids is 1. The quantitative estimate of drug-likeness (QED) is 0.693. The molecule has 2 amide bonds. The number of nitrogens with zero attached hydrogens (tertiary/aromatic N) is 3. The Balaban J connectivity index is 1.82. The summed E-state index contributed by atoms with van der Waals surface area (Å²) in [5, 5.41) is 0. The number of urea groups is 1. The molecule has 2 heterocycles. The lowest BCUT2D eigenvalue weighted by molar-refractivity contribution is -0.0571. The summed E-state index contributed by atoms with van der Waals surface area (Å²) in [7, 11) is 3.66. The summed E-state index contributed by atoms with van der Waals surface area (Å²) >= 11 is 0. The van der Waals surface area contributed by atoms with Gasteiger partial charge in [-0.25, -0.2) is 4.79 Å². The summed E-state index contributed by atoms with van der Waals surface area (Å²) < 4.78 is 0. The van der Waals surface area contributed by atoms with E-state index in [9.17, 15) is 4.79 Å². The lowest BCUT2D eigenvalue weighted by atomic mass is 9.71. The zero-order valence-electron chi connectivity index (χ0n) is 11.6. The van der Waals surface area contributed by atoms with Crippen LogP contribution in [0.1, 0.15) is 26.7 Å². The van der Waals surface area contributed by atoms with Crippen molar-refractivity contribution in [1.82, 2.24) is 14.7 Å². The van der Waals surface area contributed by atoms with Gasteiger partial charge in [0.1, 0.15) is 0 Å². The molecule has 4 heteroatoms. The van der Waals surface area contributed by atoms with Gasteiger partial charge in [0.2, 0.25) is 0 Å². The van der Waals surface area contributed by atoms with Crippen molar-refractivity contribution in [2.75, 3.05) is 40.3 Å². The molecule has 0 aromatic rings. The van der Waals surface area contributed by atoms with Crippen LogP contribution in [-0.4, -0.2) is 67.0 Å². The van der Waals surface area contributed by atoms with E-state index in [1.807, 2.05) is 19.0 Å². The minimum absolute atomic E-state index is 0.167. The second kappa shape index (κ2) is 4.48. The first kappa shape index (κ1) is 12.7. The average molecular weight is 239 g/mol. The number of hydrogen-bond donors (Lipinski definition) is 0. The topological polar surface area (TPSA) is 26.8 Å². The maximum atomic E-state index is 11.8. The second-order valence-corrected chi connectivity index (χ2v) is 6.16. The van der Waals surface area contributed by atoms with Crippen molar-refractivity contribution < 1.29 is 4.79 Å². The first-order chi connectivity index (χ1) is 7.93. The molecule has 0 unspecified atom stereocenters. The van der Waals surface area contributed by atoms with Gasteiger partial charge in [-0.1, -0.05) is 0 Å². The molecule has 2 saturated heterocycles. The van der Waals surface area contributed by atoms with Crippen LogP contribution in [0.4, 0.5) is 4.79 Å². The molecule has 0 atom stereocenters. The van der Waals surface area contributed by atoms with Crippen molar-refractivity contribution in [1.29, 1.82) is 0 Å². The van der Waals surface area contributed by atoms with Crippen LogP contribution < -0.4 is 0 Å². The minimum Gasteiger partial charge on any atom is -0.331 e. The van der Waals surface area contributed by atoms with Gasteiger partial charge in [0, 0.05) is 46.3 Å². The summed E-state index contributed by atoms with van der Waals surface area (Å²) in [6.07, 6.45) is 2.35. The maximum Gasteiger partial charge on any atom is 0.319 e. The predicted molar refractivity (Wildman–Crippen MR) is 69.0 cm³/mol. The zero-order valence-corrected chi connectivity index (χ0v) is 11.6. The van der Waals surface area contributed by atoms with Crippen LogP contribution in [0.25, 0.3) is 0 Å². The van der Waals surface area contributed by atoms with Crippen LogP contribution in [0, 0.1) is 5.41 Å². The molecule has 0 N–H and O–H groups in total. The molecule has 98 valence electrons. The van der Waals surface area contributed by atoms with E-state index in [1.165, 1.54) is 25.9 Å². The van der Waals surface area contributed by atoms with Crippen LogP contribution in [-0.2, 0) is 0 Å². The van der Waals surface area contributed by atoms with E-state index in [4.69, 9.17) is 0 Å². The van der Waals surface area contributed by atoms with Crippen LogP contribution in [0.5, 0.6) is 0 Å². The summed E-state index contributed by atoms with van der Waals surface area (Å²) in [4.78, 5) is 18.0. The largest absolute Gasteiger partial charge is 0.331 e. The first-order valence-electron chi connectivity index (χ1n) is 6.64. The molecule has 0 aromatic carbocycles. The van der Waals surface area contributed by atoms with Crippen LogP contribution in [0.2, 0.25) is 0 Å². The highest BCUT2D eigenvalue weighted by Crippen LogP contribution is 2.41. The Morgan fingerprint density at radius 2 is 1.71 bits per heavy atom. The van der Waals surface area contributed by atoms with Gasteiger partial charge < -0.3 is 9.80 Å². The highest BCUT2D eigenvalue weighted by molar-refractivity contribution is 5.73. The van der Waals surface area contributed by atoms with Crippen molar-refractivity contribution in [2.24, 2.45) is 5.41 Å². The SMILES string of the molecule is CC(C)N1CC2(CCN(C(=O)N(C)C)CC2)C1. The fourth-order valence-corrected chi connectivity index (χ4v) is 2.95. The molecular formula is C13H25N3O. The average Bonchev–Trinajstić information content (AvgIpc) is 2.24. The third-order valence-corrected chi connectivity index (χ3v) is 4.28. The van der Waals surface area contributed by atoms with Gasteiger partial charge in [-0.05, 0) is 32.1 Å². The normalized spacial score (nSPS) is 23.9. The van der Waals surface area contributed by atoms with Crippen molar-refractivity contribution in [3.63, 3.8) is 0 Å². The number of rotatable bonds is 1. The van der Waals surface area contributed by atoms with Crippen molar-refractivity contribution in [2.45, 2.75) is 32.7 Å². The summed E-state index contributed by atoms with van der Waals surface area (Å²) in [6, 6.07) is 0.835. The molecule has 0 aliphatic carbocycles. The molecule has 4 nitrogen and oxygen atoms in total. The molecule has 2 fully saturated rings. The Kier molecular flexibility index (Phi) is 3.34. The molecular weight excluding hydrogens is 214 g/mol. The number of hydrogen-bond acceptors (Lipinski definition) is 2. The summed E-state index contributed by atoms with van der Waals surface area (Å²) in [5.41, 5.74) is 0.521. The van der Waals surface area contributed by atoms with E-state index in [1.54, 1.807) is 4.90 Å². The Hall–Kier alpha value is -0.770. The first-order valence-corrected chi connectivity index (χ1v) is 6.64. The predicted octanol–water partition coefficient (Wildman–Crippen LogP) is 1.47. The van der Waals surface area contributed by atoms with E-state index >= 15 is 0 Å². The Bertz CT molecular complexity index is 285. The Morgan fingerprint density at radius 3 is 2.12 bits per heavy atom. The van der Waals surface area contributed by atoms with Gasteiger partial charge in [-0.15, -0.1) is 0 Å². The van der Waals surface area contributed by atoms with Crippen LogP contribution in [0.3, 0.4) is 0 Å². The number of carbonyl (C=O) groups is 1. The van der Waals surface area contributed by atoms with Crippen molar-refractivity contribution in [3.8, 4) is 0 Å². The number of piperidine rings is 1. The van der Waals surface area contributed by atoms with Gasteiger partial charge >= 0.3 is 6.03 Å². The highest BCUT2D eigenvalue weighted by atomic mass is 16.2. The van der Waals surface area contributed by atoms with E-state index in [2.05, 4.69) is 18.7 Å². The summed E-state index contributed by atoms with van der Waals surface area (Å²) in [5.74, 6) is 0. The van der Waals surface area contributed by atoms with Gasteiger partial charge in [-0.3, -0.25) is 4.90 Å². The molecule has 17 heavy (non-hydrogen) atoms. The number of likely N-dealkylation sites (tertiary alicyclic amines) is 2. The van der Waals surface area contributed by atoms with E-state index in [-0.39, 0.29) is 6.03 Å². The third kappa shape index (κ3) is 2.41. The van der Waals surface area contributed by atoms with Gasteiger partial charge in [0.25, 0.3) is 0 Å². The van der Waals surface area contributed by atoms with Gasteiger partial charge in [-0.2, -0.15) is 0 Å². The number of amides is 2. The maximum absolute atomic E-state index is 11.8. The third-order valence-electron chi connectivity index (χ3n) is 4.28. The Morgan fingerprint density at radius 1 is 1.18 bits per heavy atom. The van der Waals surface area contributed by atoms with Crippen molar-refractivity contribution in [3.05, 3.63) is 0 Å². The lowest BCUT2D eigenvalue weighted by Crippen LogP contribution is -2.62. The zero-order chi connectivity index (χ0) is 12.6. The molecule has 2 aliphatic heterocycles. The molecule has 1 spiro atoms. The standard InChI is InChI=1S/C13H25N3O/c1-11(2)16-9-13(10-16)5-7-15(8-6-13)12(17)14(3)4/h11H,5-10H2,1-4H3. The fourth-order valence-electron chi connectivity index (χ4n) is 2.95. The van der Waals surface area contributed by atoms with E-state index in [0.717, 1.165) is 13.1 Å². The monoisotopic (exact) mass is 239 g/mol. The Labute approximate surface area is 105 Å². The van der Waals surface area contributed by atoms with Gasteiger partial charge in [0.05, 0.1) is 0 Å². The van der Waals surface area contributed by atoms with Crippen LogP contribution in [0.15, 0.2) is 0 Å². The highest BCUT2D eigenvalue weighted by Gasteiger charge is 2.45. The molecule has 2 rings (SSSR count). The lowest BCUT2D eigenvalue weighted by Gasteiger charge is -2.55. The molecule has 0 saturated carbocycles. The minimum atomic E-state index is 0.167. The molecule has 0 radical (unpaired) electrons. The van der Waals surface area contributed by atoms with Gasteiger partial charge in [0.15, 0.2) is 0 Å². The molecule has 2 aliphatic rings. The fraction of sp³-hybridized carbons (Fsp3) is 0.923.